The highest BCUT2D eigenvalue weighted by atomic mass is 16.2. The molecule has 0 aromatic heterocycles. The molecule has 1 aliphatic heterocycles. The number of benzene rings is 2. The van der Waals surface area contributed by atoms with Crippen molar-refractivity contribution in [1.29, 1.82) is 0 Å². The highest BCUT2D eigenvalue weighted by molar-refractivity contribution is 6.43. The van der Waals surface area contributed by atoms with E-state index < -0.39 is 17.7 Å². The molecule has 5 heteroatoms. The van der Waals surface area contributed by atoms with E-state index >= 15 is 0 Å². The van der Waals surface area contributed by atoms with Gasteiger partial charge in [0.1, 0.15) is 6.04 Å². The van der Waals surface area contributed by atoms with Crippen LogP contribution in [0.4, 0.5) is 0 Å². The Bertz CT molecular complexity index is 784. The highest BCUT2D eigenvalue weighted by Gasteiger charge is 2.33. The maximum absolute atomic E-state index is 12.4. The summed E-state index contributed by atoms with van der Waals surface area (Å²) in [6.07, 6.45) is 0.512. The number of carbonyl (C=O) groups is 3. The van der Waals surface area contributed by atoms with Crippen LogP contribution in [0.2, 0.25) is 0 Å². The number of amides is 2. The summed E-state index contributed by atoms with van der Waals surface area (Å²) in [5, 5.41) is 2.58. The van der Waals surface area contributed by atoms with Gasteiger partial charge in [-0.05, 0) is 18.9 Å². The average Bonchev–Trinajstić information content (AvgIpc) is 2.96. The van der Waals surface area contributed by atoms with Gasteiger partial charge in [-0.15, -0.1) is 0 Å². The van der Waals surface area contributed by atoms with Crippen LogP contribution in [0.5, 0.6) is 0 Å². The third kappa shape index (κ3) is 3.94. The van der Waals surface area contributed by atoms with E-state index in [0.717, 1.165) is 11.1 Å². The van der Waals surface area contributed by atoms with E-state index in [4.69, 9.17) is 0 Å². The molecule has 1 fully saturated rings. The summed E-state index contributed by atoms with van der Waals surface area (Å²) in [6, 6.07) is 15.9. The molecule has 2 aromatic carbocycles. The van der Waals surface area contributed by atoms with Gasteiger partial charge in [0.2, 0.25) is 11.7 Å². The number of carbonyl (C=O) groups excluding carboxylic acids is 3. The van der Waals surface area contributed by atoms with E-state index in [1.807, 2.05) is 37.3 Å². The van der Waals surface area contributed by atoms with Crippen LogP contribution in [0.15, 0.2) is 54.6 Å². The molecule has 25 heavy (non-hydrogen) atoms. The Morgan fingerprint density at radius 2 is 1.76 bits per heavy atom. The molecular weight excluding hydrogens is 316 g/mol. The first-order valence-electron chi connectivity index (χ1n) is 8.29. The van der Waals surface area contributed by atoms with Crippen molar-refractivity contribution in [2.24, 2.45) is 0 Å². The van der Waals surface area contributed by atoms with E-state index in [0.29, 0.717) is 25.1 Å². The number of aryl methyl sites for hydroxylation is 1. The third-order valence-corrected chi connectivity index (χ3v) is 4.34. The number of rotatable bonds is 5. The Labute approximate surface area is 146 Å². The van der Waals surface area contributed by atoms with Crippen LogP contribution in [-0.4, -0.2) is 35.1 Å². The first-order chi connectivity index (χ1) is 12.0. The predicted octanol–water partition coefficient (Wildman–Crippen LogP) is 2.10. The fraction of sp³-hybridized carbons (Fsp3) is 0.250. The number of hydrogen-bond acceptors (Lipinski definition) is 3. The zero-order valence-corrected chi connectivity index (χ0v) is 14.1. The monoisotopic (exact) mass is 336 g/mol. The van der Waals surface area contributed by atoms with Gasteiger partial charge in [0.25, 0.3) is 5.91 Å². The van der Waals surface area contributed by atoms with Crippen LogP contribution >= 0.6 is 0 Å². The Kier molecular flexibility index (Phi) is 4.93. The second-order valence-corrected chi connectivity index (χ2v) is 6.26. The SMILES string of the molecule is Cc1ccc(C(=O)C(=O)N[C@H]2CCN(Cc3ccccc3)C2=O)cc1. The first-order valence-corrected chi connectivity index (χ1v) is 8.29. The van der Waals surface area contributed by atoms with Crippen LogP contribution in [0.25, 0.3) is 0 Å². The van der Waals surface area contributed by atoms with E-state index in [1.54, 1.807) is 29.2 Å². The van der Waals surface area contributed by atoms with E-state index in [-0.39, 0.29) is 5.91 Å². The van der Waals surface area contributed by atoms with Crippen molar-refractivity contribution in [1.82, 2.24) is 10.2 Å². The standard InChI is InChI=1S/C20H20N2O3/c1-14-7-9-16(10-8-14)18(23)19(24)21-17-11-12-22(20(17)25)13-15-5-3-2-4-6-15/h2-10,17H,11-13H2,1H3,(H,21,24)/t17-/m0/s1. The van der Waals surface area contributed by atoms with Crippen LogP contribution in [-0.2, 0) is 16.1 Å². The molecule has 0 unspecified atom stereocenters. The fourth-order valence-electron chi connectivity index (χ4n) is 2.89. The van der Waals surface area contributed by atoms with Gasteiger partial charge in [0, 0.05) is 18.7 Å². The second-order valence-electron chi connectivity index (χ2n) is 6.26. The van der Waals surface area contributed by atoms with E-state index in [9.17, 15) is 14.4 Å². The summed E-state index contributed by atoms with van der Waals surface area (Å²) in [7, 11) is 0. The molecule has 0 saturated carbocycles. The average molecular weight is 336 g/mol. The fourth-order valence-corrected chi connectivity index (χ4v) is 2.89. The molecule has 128 valence electrons. The molecule has 1 heterocycles. The van der Waals surface area contributed by atoms with Gasteiger partial charge >= 0.3 is 0 Å². The third-order valence-electron chi connectivity index (χ3n) is 4.34. The number of Topliss-reactive ketones (excluding diaryl/α,β-unsaturated/α-hetero) is 1. The summed E-state index contributed by atoms with van der Waals surface area (Å²) >= 11 is 0. The van der Waals surface area contributed by atoms with Crippen molar-refractivity contribution in [2.45, 2.75) is 25.9 Å². The molecule has 3 rings (SSSR count). The van der Waals surface area contributed by atoms with Gasteiger partial charge in [-0.1, -0.05) is 60.2 Å². The quantitative estimate of drug-likeness (QED) is 0.672. The molecule has 0 aliphatic carbocycles. The lowest BCUT2D eigenvalue weighted by Crippen LogP contribution is -2.44. The zero-order valence-electron chi connectivity index (χ0n) is 14.1. The van der Waals surface area contributed by atoms with Crippen molar-refractivity contribution < 1.29 is 14.4 Å². The minimum atomic E-state index is -0.733. The molecule has 0 spiro atoms. The van der Waals surface area contributed by atoms with Crippen molar-refractivity contribution in [2.75, 3.05) is 6.54 Å². The molecule has 2 aromatic rings. The lowest BCUT2D eigenvalue weighted by atomic mass is 10.1. The molecule has 2 amide bonds. The number of nitrogens with one attached hydrogen (secondary N) is 1. The van der Waals surface area contributed by atoms with Crippen LogP contribution in [0.1, 0.15) is 27.9 Å². The highest BCUT2D eigenvalue weighted by Crippen LogP contribution is 2.15. The summed E-state index contributed by atoms with van der Waals surface area (Å²) in [5.74, 6) is -1.49. The number of ketones is 1. The minimum Gasteiger partial charge on any atom is -0.337 e. The first kappa shape index (κ1) is 16.9. The largest absolute Gasteiger partial charge is 0.337 e. The molecule has 0 radical (unpaired) electrons. The van der Waals surface area contributed by atoms with Gasteiger partial charge in [0.05, 0.1) is 0 Å². The van der Waals surface area contributed by atoms with Gasteiger partial charge in [0.15, 0.2) is 0 Å². The van der Waals surface area contributed by atoms with Crippen molar-refractivity contribution in [3.05, 3.63) is 71.3 Å². The van der Waals surface area contributed by atoms with Gasteiger partial charge < -0.3 is 10.2 Å². The molecule has 5 nitrogen and oxygen atoms in total. The smallest absolute Gasteiger partial charge is 0.293 e. The maximum atomic E-state index is 12.4. The topological polar surface area (TPSA) is 66.5 Å². The maximum Gasteiger partial charge on any atom is 0.293 e. The van der Waals surface area contributed by atoms with E-state index in [2.05, 4.69) is 5.32 Å². The minimum absolute atomic E-state index is 0.145. The predicted molar refractivity (Wildman–Crippen MR) is 93.9 cm³/mol. The number of nitrogens with zero attached hydrogens (tertiary/aromatic N) is 1. The van der Waals surface area contributed by atoms with Crippen molar-refractivity contribution in [3.63, 3.8) is 0 Å². The summed E-state index contributed by atoms with van der Waals surface area (Å²) in [4.78, 5) is 38.5. The Morgan fingerprint density at radius 1 is 1.08 bits per heavy atom. The van der Waals surface area contributed by atoms with Crippen molar-refractivity contribution in [3.8, 4) is 0 Å². The normalized spacial score (nSPS) is 16.8. The molecular formula is C20H20N2O3. The Morgan fingerprint density at radius 3 is 2.44 bits per heavy atom. The molecule has 0 bridgehead atoms. The lowest BCUT2D eigenvalue weighted by molar-refractivity contribution is -0.132. The summed E-state index contributed by atoms with van der Waals surface area (Å²) < 4.78 is 0. The summed E-state index contributed by atoms with van der Waals surface area (Å²) in [6.45, 7) is 2.99. The van der Waals surface area contributed by atoms with Crippen molar-refractivity contribution >= 4 is 17.6 Å². The molecule has 1 N–H and O–H groups in total. The number of hydrogen-bond donors (Lipinski definition) is 1. The van der Waals surface area contributed by atoms with Crippen LogP contribution in [0, 0.1) is 6.92 Å². The van der Waals surface area contributed by atoms with Gasteiger partial charge in [-0.2, -0.15) is 0 Å². The lowest BCUT2D eigenvalue weighted by Gasteiger charge is -2.17. The molecule has 1 atom stereocenters. The number of likely N-dealkylation sites (tertiary alicyclic amines) is 1. The Hall–Kier alpha value is -2.95. The molecule has 1 aliphatic rings. The summed E-state index contributed by atoms with van der Waals surface area (Å²) in [5.41, 5.74) is 2.38. The van der Waals surface area contributed by atoms with Gasteiger partial charge in [-0.25, -0.2) is 0 Å². The van der Waals surface area contributed by atoms with Crippen LogP contribution in [0.3, 0.4) is 0 Å². The molecule has 1 saturated heterocycles. The zero-order chi connectivity index (χ0) is 17.8. The van der Waals surface area contributed by atoms with E-state index in [1.165, 1.54) is 0 Å². The second kappa shape index (κ2) is 7.30. The van der Waals surface area contributed by atoms with Crippen LogP contribution < -0.4 is 5.32 Å². The Balaban J connectivity index is 1.59. The van der Waals surface area contributed by atoms with Gasteiger partial charge in [-0.3, -0.25) is 14.4 Å².